The fourth-order valence-electron chi connectivity index (χ4n) is 5.90. The largest absolute Gasteiger partial charge is 0.481 e. The first kappa shape index (κ1) is 41.5. The molecule has 2 aromatic heterocycles. The first-order valence-corrected chi connectivity index (χ1v) is 18.0. The molecule has 0 saturated heterocycles. The number of aryl methyl sites for hydroxylation is 2. The highest BCUT2D eigenvalue weighted by Crippen LogP contribution is 2.44. The quantitative estimate of drug-likeness (QED) is 0.143. The zero-order valence-corrected chi connectivity index (χ0v) is 32.3. The molecule has 1 fully saturated rings. The Bertz CT molecular complexity index is 1800. The number of carboxylic acids is 1. The minimum Gasteiger partial charge on any atom is -0.481 e. The fourth-order valence-corrected chi connectivity index (χ4v) is 6.20. The molecule has 1 aliphatic rings. The van der Waals surface area contributed by atoms with Crippen LogP contribution in [0.1, 0.15) is 100.0 Å². The molecule has 3 aromatic rings. The topological polar surface area (TPSA) is 70.4 Å². The molecule has 276 valence electrons. The van der Waals surface area contributed by atoms with Crippen molar-refractivity contribution in [3.63, 3.8) is 0 Å². The monoisotopic (exact) mass is 722 g/mol. The normalized spacial score (nSPS) is 14.4. The minimum atomic E-state index is -4.48. The third kappa shape index (κ3) is 12.7. The molecule has 0 amide bonds. The number of nitrogens with zero attached hydrogens (tertiary/aromatic N) is 3. The van der Waals surface area contributed by atoms with Gasteiger partial charge in [0.05, 0.1) is 23.8 Å². The van der Waals surface area contributed by atoms with Gasteiger partial charge in [0.2, 0.25) is 0 Å². The van der Waals surface area contributed by atoms with Gasteiger partial charge in [-0.05, 0) is 125 Å². The number of aliphatic carboxylic acids is 1. The molecule has 2 N–H and O–H groups in total. The Morgan fingerprint density at radius 2 is 1.80 bits per heavy atom. The van der Waals surface area contributed by atoms with E-state index in [4.69, 9.17) is 27.1 Å². The summed E-state index contributed by atoms with van der Waals surface area (Å²) >= 11 is 5.66. The van der Waals surface area contributed by atoms with Gasteiger partial charge in [-0.3, -0.25) is 4.79 Å². The number of aromatic nitrogens is 2. The molecule has 2 heterocycles. The minimum absolute atomic E-state index is 0.0714. The van der Waals surface area contributed by atoms with Crippen LogP contribution in [0.4, 0.5) is 13.2 Å². The lowest BCUT2D eigenvalue weighted by molar-refractivity contribution is -0.138. The number of likely N-dealkylation sites (N-methyl/N-ethyl adjacent to an activating group) is 1. The fraction of sp³-hybridized carbons (Fsp3) is 0.488. The lowest BCUT2D eigenvalue weighted by Crippen LogP contribution is -2.27. The van der Waals surface area contributed by atoms with Crippen LogP contribution in [0.2, 0.25) is 0 Å². The summed E-state index contributed by atoms with van der Waals surface area (Å²) in [6.07, 6.45) is 3.22. The molecule has 0 radical (unpaired) electrons. The van der Waals surface area contributed by atoms with E-state index in [0.717, 1.165) is 54.9 Å². The van der Waals surface area contributed by atoms with Crippen LogP contribution in [-0.4, -0.2) is 46.2 Å². The van der Waals surface area contributed by atoms with E-state index in [9.17, 15) is 13.2 Å². The average Bonchev–Trinajstić information content (AvgIpc) is 3.76. The summed E-state index contributed by atoms with van der Waals surface area (Å²) in [5.41, 5.74) is 6.82. The third-order valence-corrected chi connectivity index (χ3v) is 9.05. The number of carboxylic acid groups (broad SMARTS) is 1. The Balaban J connectivity index is 0.00000166. The van der Waals surface area contributed by atoms with Gasteiger partial charge in [0.15, 0.2) is 0 Å². The molecule has 1 aliphatic carbocycles. The number of rotatable bonds is 12. The Morgan fingerprint density at radius 3 is 2.33 bits per heavy atom. The Morgan fingerprint density at radius 1 is 1.18 bits per heavy atom. The molecule has 1 atom stereocenters. The maximum atomic E-state index is 14.1. The number of hydrogen-bond donors (Lipinski definition) is 2. The summed E-state index contributed by atoms with van der Waals surface area (Å²) in [7, 11) is 3.73. The van der Waals surface area contributed by atoms with Crippen LogP contribution in [0.15, 0.2) is 54.4 Å². The van der Waals surface area contributed by atoms with E-state index in [1.807, 2.05) is 23.6 Å². The molecule has 10 heteroatoms. The van der Waals surface area contributed by atoms with Crippen molar-refractivity contribution in [3.8, 4) is 23.0 Å². The number of nitrogens with one attached hydrogen (secondary N) is 1. The highest BCUT2D eigenvalue weighted by atomic mass is 32.1. The van der Waals surface area contributed by atoms with E-state index in [0.29, 0.717) is 19.5 Å². The van der Waals surface area contributed by atoms with Gasteiger partial charge < -0.3 is 19.9 Å². The number of carbonyl (C=O) groups is 1. The van der Waals surface area contributed by atoms with Crippen molar-refractivity contribution in [2.45, 2.75) is 99.3 Å². The molecule has 1 aromatic carbocycles. The van der Waals surface area contributed by atoms with Gasteiger partial charge in [-0.2, -0.15) is 13.2 Å². The first-order valence-electron chi connectivity index (χ1n) is 17.5. The molecule has 51 heavy (non-hydrogen) atoms. The van der Waals surface area contributed by atoms with E-state index < -0.39 is 17.7 Å². The molecule has 0 spiro atoms. The number of halogens is 3. The van der Waals surface area contributed by atoms with E-state index in [1.54, 1.807) is 6.20 Å². The number of allylic oxidation sites excluding steroid dienone is 2. The highest BCUT2D eigenvalue weighted by molar-refractivity contribution is 7.71. The molecule has 0 aliphatic heterocycles. The Labute approximate surface area is 307 Å². The summed E-state index contributed by atoms with van der Waals surface area (Å²) in [5.74, 6) is 6.23. The lowest BCUT2D eigenvalue weighted by atomic mass is 9.95. The predicted octanol–water partition coefficient (Wildman–Crippen LogP) is 9.93. The van der Waals surface area contributed by atoms with Crippen molar-refractivity contribution < 1.29 is 23.1 Å². The summed E-state index contributed by atoms with van der Waals surface area (Å²) in [4.78, 5) is 15.9. The predicted molar refractivity (Wildman–Crippen MR) is 203 cm³/mol. The van der Waals surface area contributed by atoms with Crippen LogP contribution >= 0.6 is 12.2 Å². The van der Waals surface area contributed by atoms with Crippen LogP contribution in [0.3, 0.4) is 0 Å². The Hall–Kier alpha value is -3.94. The maximum absolute atomic E-state index is 14.1. The van der Waals surface area contributed by atoms with E-state index in [-0.39, 0.29) is 34.0 Å². The van der Waals surface area contributed by atoms with Crippen molar-refractivity contribution in [2.24, 2.45) is 11.3 Å². The second-order valence-electron chi connectivity index (χ2n) is 14.4. The van der Waals surface area contributed by atoms with Crippen molar-refractivity contribution in [2.75, 3.05) is 20.6 Å². The van der Waals surface area contributed by atoms with Crippen molar-refractivity contribution in [3.05, 3.63) is 92.7 Å². The zero-order valence-electron chi connectivity index (χ0n) is 31.5. The summed E-state index contributed by atoms with van der Waals surface area (Å²) in [6, 6.07) is 11.4. The van der Waals surface area contributed by atoms with Crippen LogP contribution in [0.25, 0.3) is 11.1 Å². The molecule has 4 rings (SSSR count). The maximum Gasteiger partial charge on any atom is 0.416 e. The zero-order chi connectivity index (χ0) is 38.1. The number of alkyl halides is 3. The van der Waals surface area contributed by atoms with Gasteiger partial charge >= 0.3 is 6.18 Å². The molecule has 0 unspecified atom stereocenters. The van der Waals surface area contributed by atoms with E-state index in [2.05, 4.69) is 95.1 Å². The number of pyridine rings is 2. The van der Waals surface area contributed by atoms with Gasteiger partial charge in [-0.25, -0.2) is 4.98 Å². The number of hydrogen-bond acceptors (Lipinski definition) is 5. The van der Waals surface area contributed by atoms with Gasteiger partial charge in [0, 0.05) is 30.8 Å². The van der Waals surface area contributed by atoms with E-state index in [1.165, 1.54) is 16.7 Å². The van der Waals surface area contributed by atoms with Crippen LogP contribution in [0.5, 0.6) is 0 Å². The van der Waals surface area contributed by atoms with Gasteiger partial charge in [0.25, 0.3) is 5.97 Å². The summed E-state index contributed by atoms with van der Waals surface area (Å²) in [6.45, 7) is 14.8. The van der Waals surface area contributed by atoms with Crippen molar-refractivity contribution in [1.82, 2.24) is 19.8 Å². The smallest absolute Gasteiger partial charge is 0.416 e. The van der Waals surface area contributed by atoms with Crippen LogP contribution < -0.4 is 5.32 Å². The number of benzene rings is 1. The SMILES string of the molecule is CC(=O)O.CC/C=C(/NCc1cc(-c2c(C)cccc2C)cc(C#CC2(C)CC2)n1)[C@H](CC(C)C)n1cc(CCN(C)C)c(C(F)(F)F)cc1=S. The van der Waals surface area contributed by atoms with E-state index >= 15 is 0 Å². The van der Waals surface area contributed by atoms with Crippen LogP contribution in [0, 0.1) is 41.7 Å². The van der Waals surface area contributed by atoms with Crippen molar-refractivity contribution >= 4 is 18.2 Å². The molecule has 6 nitrogen and oxygen atoms in total. The van der Waals surface area contributed by atoms with Gasteiger partial charge in [-0.15, -0.1) is 0 Å². The average molecular weight is 723 g/mol. The molecular weight excluding hydrogens is 670 g/mol. The van der Waals surface area contributed by atoms with Gasteiger partial charge in [-0.1, -0.05) is 63.2 Å². The van der Waals surface area contributed by atoms with Crippen LogP contribution in [-0.2, 0) is 23.9 Å². The lowest BCUT2D eigenvalue weighted by Gasteiger charge is -2.28. The second kappa shape index (κ2) is 18.0. The summed E-state index contributed by atoms with van der Waals surface area (Å²) < 4.78 is 44.4. The van der Waals surface area contributed by atoms with Gasteiger partial charge in [0.1, 0.15) is 10.3 Å². The summed E-state index contributed by atoms with van der Waals surface area (Å²) in [5, 5.41) is 11.1. The first-order chi connectivity index (χ1) is 23.8. The van der Waals surface area contributed by atoms with Crippen molar-refractivity contribution in [1.29, 1.82) is 0 Å². The second-order valence-corrected chi connectivity index (χ2v) is 14.8. The standard InChI is InChI=1S/C39H49F3N4S.C2H4O2/c1-9-11-34(35(20-26(2)3)46-25-29(15-19-45(7)8)33(23-36(46)47)39(40,41)42)43-24-32-22-30(37-27(4)12-10-13-28(37)5)21-31(44-32)14-16-38(6)17-18-38;1-2(3)4/h10-13,21-23,25-26,35,43H,9,15,17-20,24H2,1-8H3;1H3,(H,3,4)/b34-11+;/t35-;/m0./s1. The highest BCUT2D eigenvalue weighted by Gasteiger charge is 2.35. The molecular formula is C41H53F3N4O2S. The Kier molecular flexibility index (Phi) is 14.6. The molecule has 1 saturated carbocycles. The molecule has 0 bridgehead atoms. The third-order valence-electron chi connectivity index (χ3n) is 8.72.